The minimum Gasteiger partial charge on any atom is -0.346 e. The van der Waals surface area contributed by atoms with Gasteiger partial charge in [0.25, 0.3) is 5.91 Å². The number of sulfone groups is 1. The summed E-state index contributed by atoms with van der Waals surface area (Å²) in [4.78, 5) is 12.5. The van der Waals surface area contributed by atoms with Gasteiger partial charge in [0.05, 0.1) is 22.1 Å². The third-order valence-corrected chi connectivity index (χ3v) is 9.08. The molecule has 26 heavy (non-hydrogen) atoms. The minimum atomic E-state index is -3.76. The second-order valence-corrected chi connectivity index (χ2v) is 11.6. The molecule has 0 aliphatic carbocycles. The molecule has 7 nitrogen and oxygen atoms in total. The van der Waals surface area contributed by atoms with Gasteiger partial charge in [-0.05, 0) is 44.4 Å². The highest BCUT2D eigenvalue weighted by molar-refractivity contribution is 7.91. The number of hydrogen-bond donors (Lipinski definition) is 1. The van der Waals surface area contributed by atoms with Gasteiger partial charge in [-0.3, -0.25) is 4.79 Å². The fourth-order valence-electron chi connectivity index (χ4n) is 3.37. The van der Waals surface area contributed by atoms with Crippen LogP contribution in [0.2, 0.25) is 5.02 Å². The lowest BCUT2D eigenvalue weighted by Gasteiger charge is -2.24. The Bertz CT molecular complexity index is 939. The SMILES string of the molecule is C[C@]1(NC(=O)c2ccc(Cl)c(S(=O)(=O)N3CCCC3)c2)CCS(=O)(=O)C1. The second kappa shape index (κ2) is 6.78. The van der Waals surface area contributed by atoms with Crippen LogP contribution >= 0.6 is 11.6 Å². The predicted molar refractivity (Wildman–Crippen MR) is 98.6 cm³/mol. The summed E-state index contributed by atoms with van der Waals surface area (Å²) >= 11 is 6.08. The third kappa shape index (κ3) is 3.90. The average Bonchev–Trinajstić information content (AvgIpc) is 3.16. The van der Waals surface area contributed by atoms with E-state index in [0.717, 1.165) is 12.8 Å². The minimum absolute atomic E-state index is 0.0268. The highest BCUT2D eigenvalue weighted by Gasteiger charge is 2.39. The molecule has 10 heteroatoms. The van der Waals surface area contributed by atoms with Crippen molar-refractivity contribution in [1.82, 2.24) is 9.62 Å². The van der Waals surface area contributed by atoms with Crippen molar-refractivity contribution in [2.75, 3.05) is 24.6 Å². The van der Waals surface area contributed by atoms with Gasteiger partial charge in [-0.25, -0.2) is 16.8 Å². The number of halogens is 1. The third-order valence-electron chi connectivity index (χ3n) is 4.79. The smallest absolute Gasteiger partial charge is 0.251 e. The maximum Gasteiger partial charge on any atom is 0.251 e. The van der Waals surface area contributed by atoms with Gasteiger partial charge in [0.2, 0.25) is 10.0 Å². The van der Waals surface area contributed by atoms with Gasteiger partial charge in [0.1, 0.15) is 4.90 Å². The van der Waals surface area contributed by atoms with Crippen molar-refractivity contribution in [2.45, 2.75) is 36.6 Å². The van der Waals surface area contributed by atoms with Crippen LogP contribution in [-0.4, -0.2) is 57.2 Å². The Kier molecular flexibility index (Phi) is 5.11. The van der Waals surface area contributed by atoms with E-state index < -0.39 is 31.3 Å². The Balaban J connectivity index is 1.86. The number of amides is 1. The Hall–Kier alpha value is -1.16. The summed E-state index contributed by atoms with van der Waals surface area (Å²) in [6, 6.07) is 4.08. The largest absolute Gasteiger partial charge is 0.346 e. The molecule has 2 heterocycles. The van der Waals surface area contributed by atoms with E-state index in [1.54, 1.807) is 6.92 Å². The van der Waals surface area contributed by atoms with E-state index in [-0.39, 0.29) is 27.0 Å². The summed E-state index contributed by atoms with van der Waals surface area (Å²) in [6.45, 7) is 2.54. The van der Waals surface area contributed by atoms with E-state index in [0.29, 0.717) is 19.5 Å². The summed E-state index contributed by atoms with van der Waals surface area (Å²) in [6.07, 6.45) is 1.92. The lowest BCUT2D eigenvalue weighted by atomic mass is 10.0. The molecule has 1 amide bonds. The maximum atomic E-state index is 12.8. The zero-order valence-corrected chi connectivity index (χ0v) is 16.8. The van der Waals surface area contributed by atoms with Crippen LogP contribution in [0.4, 0.5) is 0 Å². The van der Waals surface area contributed by atoms with Crippen molar-refractivity contribution in [2.24, 2.45) is 0 Å². The molecule has 1 aromatic rings. The van der Waals surface area contributed by atoms with Crippen molar-refractivity contribution in [1.29, 1.82) is 0 Å². The Labute approximate surface area is 158 Å². The van der Waals surface area contributed by atoms with Crippen molar-refractivity contribution < 1.29 is 21.6 Å². The molecule has 0 unspecified atom stereocenters. The lowest BCUT2D eigenvalue weighted by molar-refractivity contribution is 0.0915. The normalized spacial score (nSPS) is 26.1. The second-order valence-electron chi connectivity index (χ2n) is 7.11. The van der Waals surface area contributed by atoms with E-state index in [9.17, 15) is 21.6 Å². The van der Waals surface area contributed by atoms with E-state index >= 15 is 0 Å². The van der Waals surface area contributed by atoms with Crippen molar-refractivity contribution >= 4 is 37.4 Å². The van der Waals surface area contributed by atoms with E-state index in [2.05, 4.69) is 5.32 Å². The van der Waals surface area contributed by atoms with Crippen LogP contribution in [0.1, 0.15) is 36.5 Å². The molecular formula is C16H21ClN2O5S2. The molecule has 0 radical (unpaired) electrons. The standard InChI is InChI=1S/C16H21ClN2O5S2/c1-16(6-9-25(21,22)11-16)18-15(20)12-4-5-13(17)14(10-12)26(23,24)19-7-2-3-8-19/h4-5,10H,2-3,6-9,11H2,1H3,(H,18,20)/t16-/m0/s1. The molecule has 0 saturated carbocycles. The molecule has 2 aliphatic heterocycles. The van der Waals surface area contributed by atoms with Crippen LogP contribution in [0.15, 0.2) is 23.1 Å². The van der Waals surface area contributed by atoms with Crippen LogP contribution in [0.5, 0.6) is 0 Å². The van der Waals surface area contributed by atoms with Crippen LogP contribution < -0.4 is 5.32 Å². The van der Waals surface area contributed by atoms with Gasteiger partial charge in [0, 0.05) is 18.7 Å². The monoisotopic (exact) mass is 420 g/mol. The Morgan fingerprint density at radius 2 is 1.92 bits per heavy atom. The van der Waals surface area contributed by atoms with Gasteiger partial charge >= 0.3 is 0 Å². The molecular weight excluding hydrogens is 400 g/mol. The van der Waals surface area contributed by atoms with Gasteiger partial charge in [-0.2, -0.15) is 4.31 Å². The molecule has 2 saturated heterocycles. The lowest BCUT2D eigenvalue weighted by Crippen LogP contribution is -2.47. The number of hydrogen-bond acceptors (Lipinski definition) is 5. The van der Waals surface area contributed by atoms with Crippen molar-refractivity contribution in [3.8, 4) is 0 Å². The Morgan fingerprint density at radius 3 is 2.50 bits per heavy atom. The van der Waals surface area contributed by atoms with Crippen LogP contribution in [0.25, 0.3) is 0 Å². The number of carbonyl (C=O) groups is 1. The first-order valence-corrected chi connectivity index (χ1v) is 12.0. The molecule has 1 N–H and O–H groups in total. The number of carbonyl (C=O) groups excluding carboxylic acids is 1. The first-order chi connectivity index (χ1) is 12.0. The molecule has 1 aromatic carbocycles. The van der Waals surface area contributed by atoms with Crippen LogP contribution in [-0.2, 0) is 19.9 Å². The summed E-state index contributed by atoms with van der Waals surface area (Å²) in [5, 5.41) is 2.78. The number of sulfonamides is 1. The van der Waals surface area contributed by atoms with Gasteiger partial charge in [-0.15, -0.1) is 0 Å². The molecule has 2 fully saturated rings. The molecule has 0 aromatic heterocycles. The molecule has 0 spiro atoms. The fourth-order valence-corrected chi connectivity index (χ4v) is 7.48. The molecule has 2 aliphatic rings. The number of nitrogens with one attached hydrogen (secondary N) is 1. The molecule has 144 valence electrons. The van der Waals surface area contributed by atoms with Gasteiger partial charge < -0.3 is 5.32 Å². The average molecular weight is 421 g/mol. The van der Waals surface area contributed by atoms with E-state index in [1.165, 1.54) is 22.5 Å². The molecule has 1 atom stereocenters. The Morgan fingerprint density at radius 1 is 1.27 bits per heavy atom. The fraction of sp³-hybridized carbons (Fsp3) is 0.562. The zero-order valence-electron chi connectivity index (χ0n) is 14.4. The summed E-state index contributed by atoms with van der Waals surface area (Å²) < 4.78 is 50.2. The zero-order chi connectivity index (χ0) is 19.2. The van der Waals surface area contributed by atoms with Crippen molar-refractivity contribution in [3.05, 3.63) is 28.8 Å². The van der Waals surface area contributed by atoms with Gasteiger partial charge in [0.15, 0.2) is 9.84 Å². The first kappa shape index (κ1) is 19.6. The number of benzene rings is 1. The first-order valence-electron chi connectivity index (χ1n) is 8.35. The molecule has 0 bridgehead atoms. The predicted octanol–water partition coefficient (Wildman–Crippen LogP) is 1.43. The van der Waals surface area contributed by atoms with Gasteiger partial charge in [-0.1, -0.05) is 11.6 Å². The van der Waals surface area contributed by atoms with Crippen LogP contribution in [0, 0.1) is 0 Å². The van der Waals surface area contributed by atoms with Crippen molar-refractivity contribution in [3.63, 3.8) is 0 Å². The maximum absolute atomic E-state index is 12.8. The van der Waals surface area contributed by atoms with E-state index in [4.69, 9.17) is 11.6 Å². The topological polar surface area (TPSA) is 101 Å². The summed E-state index contributed by atoms with van der Waals surface area (Å²) in [5.41, 5.74) is -0.721. The number of nitrogens with zero attached hydrogens (tertiary/aromatic N) is 1. The quantitative estimate of drug-likeness (QED) is 0.794. The number of rotatable bonds is 4. The highest BCUT2D eigenvalue weighted by Crippen LogP contribution is 2.29. The summed E-state index contributed by atoms with van der Waals surface area (Å²) in [7, 11) is -6.93. The van der Waals surface area contributed by atoms with Crippen LogP contribution in [0.3, 0.4) is 0 Å². The van der Waals surface area contributed by atoms with E-state index in [1.807, 2.05) is 0 Å². The summed E-state index contributed by atoms with van der Waals surface area (Å²) in [5.74, 6) is -0.615. The highest BCUT2D eigenvalue weighted by atomic mass is 35.5. The molecule has 3 rings (SSSR count).